The summed E-state index contributed by atoms with van der Waals surface area (Å²) in [5.41, 5.74) is -1.94. The van der Waals surface area contributed by atoms with Gasteiger partial charge in [-0.25, -0.2) is 0 Å². The molecule has 5 atom stereocenters. The van der Waals surface area contributed by atoms with Crippen LogP contribution < -0.4 is 0 Å². The monoisotopic (exact) mass is 360 g/mol. The van der Waals surface area contributed by atoms with E-state index in [0.29, 0.717) is 24.3 Å². The lowest BCUT2D eigenvalue weighted by Gasteiger charge is -2.52. The first-order valence-electron chi connectivity index (χ1n) is 9.16. The van der Waals surface area contributed by atoms with E-state index in [4.69, 9.17) is 14.9 Å². The number of ether oxygens (including phenoxy) is 2. The molecule has 2 heterocycles. The highest BCUT2D eigenvalue weighted by molar-refractivity contribution is 5.89. The highest BCUT2D eigenvalue weighted by atomic mass is 16.7. The van der Waals surface area contributed by atoms with Gasteiger partial charge < -0.3 is 9.47 Å². The summed E-state index contributed by atoms with van der Waals surface area (Å²) in [4.78, 5) is 0. The predicted molar refractivity (Wildman–Crippen MR) is 94.8 cm³/mol. The number of hydrogen-bond donors (Lipinski definition) is 1. The molecule has 0 spiro atoms. The van der Waals surface area contributed by atoms with Crippen molar-refractivity contribution in [3.63, 3.8) is 0 Å². The van der Waals surface area contributed by atoms with Crippen LogP contribution in [0.5, 0.6) is 0 Å². The van der Waals surface area contributed by atoms with E-state index >= 15 is 0 Å². The summed E-state index contributed by atoms with van der Waals surface area (Å²) in [6.45, 7) is 3.97. The Labute approximate surface area is 158 Å². The van der Waals surface area contributed by atoms with Crippen LogP contribution in [0.3, 0.4) is 0 Å². The second-order valence-electron chi connectivity index (χ2n) is 7.98. The second-order valence-corrected chi connectivity index (χ2v) is 7.98. The SMILES string of the molecule is Cc1ccccc1C1OC23CCC(C)CC2C(C#N)(C(=N)O3)C1(C#N)C#N. The van der Waals surface area contributed by atoms with E-state index in [1.807, 2.05) is 31.2 Å². The Morgan fingerprint density at radius 2 is 1.85 bits per heavy atom. The molecule has 0 amide bonds. The first-order valence-corrected chi connectivity index (χ1v) is 9.16. The first kappa shape index (κ1) is 17.5. The Bertz CT molecular complexity index is 938. The van der Waals surface area contributed by atoms with E-state index in [1.54, 1.807) is 0 Å². The molecular weight excluding hydrogens is 340 g/mol. The van der Waals surface area contributed by atoms with E-state index in [2.05, 4.69) is 25.1 Å². The van der Waals surface area contributed by atoms with Gasteiger partial charge in [0, 0.05) is 6.42 Å². The van der Waals surface area contributed by atoms with E-state index < -0.39 is 28.6 Å². The molecule has 27 heavy (non-hydrogen) atoms. The van der Waals surface area contributed by atoms with Crippen LogP contribution in [-0.2, 0) is 9.47 Å². The van der Waals surface area contributed by atoms with Crippen molar-refractivity contribution in [2.75, 3.05) is 0 Å². The molecule has 5 unspecified atom stereocenters. The van der Waals surface area contributed by atoms with Crippen LogP contribution in [0.15, 0.2) is 24.3 Å². The smallest absolute Gasteiger partial charge is 0.217 e. The topological polar surface area (TPSA) is 114 Å². The van der Waals surface area contributed by atoms with Gasteiger partial charge >= 0.3 is 0 Å². The fraction of sp³-hybridized carbons (Fsp3) is 0.524. The zero-order valence-electron chi connectivity index (χ0n) is 15.3. The van der Waals surface area contributed by atoms with Gasteiger partial charge in [-0.3, -0.25) is 5.41 Å². The maximum absolute atomic E-state index is 10.3. The van der Waals surface area contributed by atoms with Crippen LogP contribution >= 0.6 is 0 Å². The number of nitriles is 3. The van der Waals surface area contributed by atoms with E-state index in [-0.39, 0.29) is 5.90 Å². The van der Waals surface area contributed by atoms with Crippen molar-refractivity contribution in [3.05, 3.63) is 35.4 Å². The Kier molecular flexibility index (Phi) is 3.61. The molecule has 1 aromatic rings. The average Bonchev–Trinajstić information content (AvgIpc) is 2.86. The van der Waals surface area contributed by atoms with Crippen LogP contribution in [0, 0.1) is 69.0 Å². The standard InChI is InChI=1S/C21H20N4O2/c1-13-7-8-21-16(9-13)20(12-24,18(25)27-21)19(10-22,11-23)17(26-21)15-6-4-3-5-14(15)2/h3-6,13,16-17,25H,7-9H2,1-2H3. The normalized spacial score (nSPS) is 38.6. The van der Waals surface area contributed by atoms with Crippen LogP contribution in [0.4, 0.5) is 0 Å². The zero-order valence-corrected chi connectivity index (χ0v) is 15.3. The molecule has 3 fully saturated rings. The van der Waals surface area contributed by atoms with Gasteiger partial charge in [0.2, 0.25) is 17.1 Å². The summed E-state index contributed by atoms with van der Waals surface area (Å²) in [6, 6.07) is 13.8. The van der Waals surface area contributed by atoms with E-state index in [9.17, 15) is 15.8 Å². The zero-order chi connectivity index (χ0) is 19.4. The van der Waals surface area contributed by atoms with Crippen molar-refractivity contribution >= 4 is 5.90 Å². The summed E-state index contributed by atoms with van der Waals surface area (Å²) >= 11 is 0. The van der Waals surface area contributed by atoms with Crippen molar-refractivity contribution in [1.29, 1.82) is 21.2 Å². The van der Waals surface area contributed by atoms with Gasteiger partial charge in [-0.15, -0.1) is 0 Å². The van der Waals surface area contributed by atoms with Crippen molar-refractivity contribution in [1.82, 2.24) is 0 Å². The second kappa shape index (κ2) is 5.56. The molecule has 4 rings (SSSR count). The fourth-order valence-electron chi connectivity index (χ4n) is 5.19. The Balaban J connectivity index is 2.02. The fourth-order valence-corrected chi connectivity index (χ4v) is 5.19. The minimum Gasteiger partial charge on any atom is -0.447 e. The third-order valence-electron chi connectivity index (χ3n) is 6.64. The summed E-state index contributed by atoms with van der Waals surface area (Å²) in [6.07, 6.45) is 1.01. The molecule has 6 heteroatoms. The Morgan fingerprint density at radius 3 is 2.48 bits per heavy atom. The third-order valence-corrected chi connectivity index (χ3v) is 6.64. The molecule has 1 saturated carbocycles. The van der Waals surface area contributed by atoms with Gasteiger partial charge in [0.1, 0.15) is 6.10 Å². The van der Waals surface area contributed by atoms with Gasteiger partial charge in [-0.05, 0) is 36.8 Å². The van der Waals surface area contributed by atoms with Crippen molar-refractivity contribution in [2.24, 2.45) is 22.7 Å². The molecule has 2 bridgehead atoms. The average molecular weight is 360 g/mol. The summed E-state index contributed by atoms with van der Waals surface area (Å²) in [5, 5.41) is 39.2. The van der Waals surface area contributed by atoms with Crippen molar-refractivity contribution in [2.45, 2.75) is 45.0 Å². The van der Waals surface area contributed by atoms with Crippen LogP contribution in [0.1, 0.15) is 43.4 Å². The highest BCUT2D eigenvalue weighted by Crippen LogP contribution is 2.70. The predicted octanol–water partition coefficient (Wildman–Crippen LogP) is 3.75. The lowest BCUT2D eigenvalue weighted by atomic mass is 9.50. The molecule has 1 aromatic carbocycles. The van der Waals surface area contributed by atoms with Crippen LogP contribution in [0.25, 0.3) is 0 Å². The van der Waals surface area contributed by atoms with Crippen molar-refractivity contribution < 1.29 is 9.47 Å². The van der Waals surface area contributed by atoms with Crippen LogP contribution in [-0.4, -0.2) is 11.7 Å². The minimum absolute atomic E-state index is 0.303. The van der Waals surface area contributed by atoms with Gasteiger partial charge in [-0.2, -0.15) is 15.8 Å². The molecular formula is C21H20N4O2. The summed E-state index contributed by atoms with van der Waals surface area (Å²) in [7, 11) is 0. The number of aryl methyl sites for hydroxylation is 1. The van der Waals surface area contributed by atoms with Gasteiger partial charge in [-0.1, -0.05) is 31.2 Å². The van der Waals surface area contributed by atoms with Gasteiger partial charge in [0.25, 0.3) is 0 Å². The Hall–Kier alpha value is -2.88. The molecule has 2 saturated heterocycles. The molecule has 0 radical (unpaired) electrons. The molecule has 1 aliphatic carbocycles. The van der Waals surface area contributed by atoms with Gasteiger partial charge in [0.15, 0.2) is 5.41 Å². The maximum atomic E-state index is 10.3. The number of rotatable bonds is 1. The number of hydrogen-bond acceptors (Lipinski definition) is 6. The quantitative estimate of drug-likeness (QED) is 0.819. The lowest BCUT2D eigenvalue weighted by molar-refractivity contribution is -0.298. The third kappa shape index (κ3) is 1.88. The molecule has 136 valence electrons. The molecule has 6 nitrogen and oxygen atoms in total. The Morgan fingerprint density at radius 1 is 1.15 bits per heavy atom. The number of nitrogens with one attached hydrogen (secondary N) is 1. The molecule has 0 aromatic heterocycles. The van der Waals surface area contributed by atoms with Crippen molar-refractivity contribution in [3.8, 4) is 18.2 Å². The molecule has 1 N–H and O–H groups in total. The number of benzene rings is 1. The minimum atomic E-state index is -1.85. The highest BCUT2D eigenvalue weighted by Gasteiger charge is 2.80. The summed E-state index contributed by atoms with van der Waals surface area (Å²) < 4.78 is 12.3. The number of nitrogens with zero attached hydrogens (tertiary/aromatic N) is 3. The summed E-state index contributed by atoms with van der Waals surface area (Å²) in [5.74, 6) is -1.63. The molecule has 2 aliphatic heterocycles. The van der Waals surface area contributed by atoms with Crippen LogP contribution in [0.2, 0.25) is 0 Å². The lowest BCUT2D eigenvalue weighted by Crippen LogP contribution is -2.61. The van der Waals surface area contributed by atoms with E-state index in [0.717, 1.165) is 12.0 Å². The van der Waals surface area contributed by atoms with Gasteiger partial charge in [0.05, 0.1) is 24.1 Å². The van der Waals surface area contributed by atoms with E-state index in [1.165, 1.54) is 0 Å². The molecule has 3 aliphatic rings. The maximum Gasteiger partial charge on any atom is 0.217 e. The largest absolute Gasteiger partial charge is 0.447 e. The first-order chi connectivity index (χ1) is 12.9.